The molecule has 0 bridgehead atoms. The van der Waals surface area contributed by atoms with Gasteiger partial charge in [-0.25, -0.2) is 0 Å². The van der Waals surface area contributed by atoms with Gasteiger partial charge in [0.1, 0.15) is 0 Å². The topological polar surface area (TPSA) is 51.5 Å². The Morgan fingerprint density at radius 1 is 0.556 bits per heavy atom. The summed E-state index contributed by atoms with van der Waals surface area (Å²) in [7, 11) is -1.42. The zero-order chi connectivity index (χ0) is 33.0. The summed E-state index contributed by atoms with van der Waals surface area (Å²) >= 11 is 0. The lowest BCUT2D eigenvalue weighted by Gasteiger charge is -2.18. The lowest BCUT2D eigenvalue weighted by molar-refractivity contribution is 0.153. The van der Waals surface area contributed by atoms with E-state index < -0.39 is 8.60 Å². The summed E-state index contributed by atoms with van der Waals surface area (Å²) in [6.45, 7) is 16.0. The smallest absolute Gasteiger partial charge is 0.312 e. The highest BCUT2D eigenvalue weighted by atomic mass is 31.2. The lowest BCUT2D eigenvalue weighted by Crippen LogP contribution is -2.03. The normalized spacial score (nSPS) is 15.7. The molecule has 6 unspecified atom stereocenters. The molecule has 1 aromatic carbocycles. The van der Waals surface area contributed by atoms with Crippen LogP contribution >= 0.6 is 8.60 Å². The maximum Gasteiger partial charge on any atom is 0.333 e. The van der Waals surface area contributed by atoms with E-state index >= 15 is 0 Å². The van der Waals surface area contributed by atoms with Crippen LogP contribution in [0.3, 0.4) is 0 Å². The molecule has 0 saturated heterocycles. The Labute approximate surface area is 281 Å². The first-order chi connectivity index (χ1) is 21.8. The predicted molar refractivity (Wildman–Crippen MR) is 195 cm³/mol. The SMILES string of the molecule is CCCCCC(C)CCCC(C)CCCC(C)CCCC(C)CCCC(C)CCCOP(OCCC#N)OCc1ccccc1. The number of benzene rings is 1. The van der Waals surface area contributed by atoms with Crippen molar-refractivity contribution in [3.05, 3.63) is 35.9 Å². The number of unbranched alkanes of at least 4 members (excludes halogenated alkanes) is 2. The standard InChI is InChI=1S/C40H72NO3P/c1-7-8-10-19-35(2)20-13-21-36(3)22-14-23-37(4)24-15-25-38(5)26-16-27-39(6)28-17-32-42-45(43-33-18-31-41)44-34-40-29-11-9-12-30-40/h9,11-12,29-30,35-39H,7-8,10,13-28,32-34H2,1-6H3. The fraction of sp³-hybridized carbons (Fsp3) is 0.825. The van der Waals surface area contributed by atoms with Crippen LogP contribution in [0.5, 0.6) is 0 Å². The Bertz CT molecular complexity index is 816. The highest BCUT2D eigenvalue weighted by Crippen LogP contribution is 2.41. The highest BCUT2D eigenvalue weighted by Gasteiger charge is 2.14. The first kappa shape index (κ1) is 42.0. The molecule has 0 radical (unpaired) electrons. The molecular formula is C40H72NO3P. The zero-order valence-corrected chi connectivity index (χ0v) is 31.3. The maximum atomic E-state index is 8.82. The average molecular weight is 646 g/mol. The van der Waals surface area contributed by atoms with E-state index in [0.717, 1.165) is 35.7 Å². The number of hydrogen-bond acceptors (Lipinski definition) is 4. The second-order valence-corrected chi connectivity index (χ2v) is 15.7. The van der Waals surface area contributed by atoms with Crippen LogP contribution in [0.15, 0.2) is 30.3 Å². The summed E-state index contributed by atoms with van der Waals surface area (Å²) in [5.74, 6) is 4.27. The molecule has 45 heavy (non-hydrogen) atoms. The summed E-state index contributed by atoms with van der Waals surface area (Å²) < 4.78 is 17.5. The fourth-order valence-electron chi connectivity index (χ4n) is 6.27. The quantitative estimate of drug-likeness (QED) is 0.0595. The van der Waals surface area contributed by atoms with Gasteiger partial charge in [0, 0.05) is 0 Å². The molecule has 0 fully saturated rings. The molecule has 0 spiro atoms. The van der Waals surface area contributed by atoms with Crippen molar-refractivity contribution in [2.75, 3.05) is 13.2 Å². The largest absolute Gasteiger partial charge is 0.333 e. The zero-order valence-electron chi connectivity index (χ0n) is 30.4. The van der Waals surface area contributed by atoms with Crippen LogP contribution in [0.2, 0.25) is 0 Å². The highest BCUT2D eigenvalue weighted by molar-refractivity contribution is 7.41. The van der Waals surface area contributed by atoms with Crippen LogP contribution in [0.1, 0.15) is 169 Å². The Morgan fingerprint density at radius 3 is 1.42 bits per heavy atom. The number of rotatable bonds is 31. The third kappa shape index (κ3) is 25.8. The summed E-state index contributed by atoms with van der Waals surface area (Å²) in [5, 5.41) is 8.82. The molecule has 0 amide bonds. The van der Waals surface area contributed by atoms with Gasteiger partial charge in [-0.1, -0.05) is 175 Å². The minimum Gasteiger partial charge on any atom is -0.312 e. The van der Waals surface area contributed by atoms with Gasteiger partial charge < -0.3 is 13.6 Å². The van der Waals surface area contributed by atoms with E-state index in [1.807, 2.05) is 30.3 Å². The van der Waals surface area contributed by atoms with Gasteiger partial charge in [0.05, 0.1) is 32.3 Å². The lowest BCUT2D eigenvalue weighted by atomic mass is 9.89. The molecule has 1 aromatic rings. The van der Waals surface area contributed by atoms with Crippen LogP contribution < -0.4 is 0 Å². The van der Waals surface area contributed by atoms with Crippen molar-refractivity contribution in [1.29, 1.82) is 5.26 Å². The first-order valence-electron chi connectivity index (χ1n) is 18.9. The summed E-state index contributed by atoms with van der Waals surface area (Å²) in [6.07, 6.45) is 24.9. The molecule has 6 atom stereocenters. The van der Waals surface area contributed by atoms with E-state index in [0.29, 0.717) is 32.2 Å². The monoisotopic (exact) mass is 646 g/mol. The molecule has 5 heteroatoms. The van der Waals surface area contributed by atoms with Crippen molar-refractivity contribution in [1.82, 2.24) is 0 Å². The number of nitrogens with zero attached hydrogens (tertiary/aromatic N) is 1. The third-order valence-electron chi connectivity index (χ3n) is 9.50. The summed E-state index contributed by atoms with van der Waals surface area (Å²) in [6, 6.07) is 12.2. The van der Waals surface area contributed by atoms with Crippen LogP contribution in [-0.2, 0) is 20.2 Å². The Balaban J connectivity index is 2.05. The Kier molecular flexibility index (Phi) is 27.3. The number of nitriles is 1. The van der Waals surface area contributed by atoms with Crippen LogP contribution in [0.25, 0.3) is 0 Å². The van der Waals surface area contributed by atoms with Crippen molar-refractivity contribution < 1.29 is 13.6 Å². The molecule has 1 rings (SSSR count). The van der Waals surface area contributed by atoms with Crippen molar-refractivity contribution >= 4 is 8.60 Å². The first-order valence-corrected chi connectivity index (χ1v) is 20.0. The molecule has 260 valence electrons. The molecular weight excluding hydrogens is 573 g/mol. The second kappa shape index (κ2) is 29.2. The van der Waals surface area contributed by atoms with E-state index in [1.165, 1.54) is 109 Å². The van der Waals surface area contributed by atoms with Crippen molar-refractivity contribution in [2.24, 2.45) is 29.6 Å². The summed E-state index contributed by atoms with van der Waals surface area (Å²) in [5.41, 5.74) is 1.10. The van der Waals surface area contributed by atoms with Gasteiger partial charge in [-0.15, -0.1) is 0 Å². The maximum absolute atomic E-state index is 8.82. The van der Waals surface area contributed by atoms with Crippen molar-refractivity contribution in [3.8, 4) is 6.07 Å². The Morgan fingerprint density at radius 2 is 0.978 bits per heavy atom. The fourth-order valence-corrected chi connectivity index (χ4v) is 7.27. The van der Waals surface area contributed by atoms with Gasteiger partial charge in [0.2, 0.25) is 0 Å². The molecule has 0 N–H and O–H groups in total. The van der Waals surface area contributed by atoms with Gasteiger partial charge in [0.25, 0.3) is 0 Å². The van der Waals surface area contributed by atoms with E-state index in [2.05, 4.69) is 47.6 Å². The van der Waals surface area contributed by atoms with Gasteiger partial charge in [-0.2, -0.15) is 5.26 Å². The van der Waals surface area contributed by atoms with Crippen LogP contribution in [0.4, 0.5) is 0 Å². The van der Waals surface area contributed by atoms with E-state index in [-0.39, 0.29) is 0 Å². The number of hydrogen-bond donors (Lipinski definition) is 0. The van der Waals surface area contributed by atoms with Gasteiger partial charge in [-0.05, 0) is 48.0 Å². The van der Waals surface area contributed by atoms with Gasteiger partial charge in [0.15, 0.2) is 0 Å². The molecule has 4 nitrogen and oxygen atoms in total. The van der Waals surface area contributed by atoms with Crippen molar-refractivity contribution in [3.63, 3.8) is 0 Å². The molecule has 0 aromatic heterocycles. The third-order valence-corrected chi connectivity index (χ3v) is 10.6. The van der Waals surface area contributed by atoms with Crippen molar-refractivity contribution in [2.45, 2.75) is 170 Å². The van der Waals surface area contributed by atoms with E-state index in [9.17, 15) is 0 Å². The van der Waals surface area contributed by atoms with E-state index in [1.54, 1.807) is 0 Å². The minimum absolute atomic E-state index is 0.350. The molecule has 0 saturated carbocycles. The second-order valence-electron chi connectivity index (χ2n) is 14.4. The predicted octanol–water partition coefficient (Wildman–Crippen LogP) is 13.6. The Hall–Kier alpha value is -0.980. The molecule has 0 aliphatic heterocycles. The van der Waals surface area contributed by atoms with E-state index in [4.69, 9.17) is 18.8 Å². The molecule has 0 aliphatic rings. The average Bonchev–Trinajstić information content (AvgIpc) is 3.02. The van der Waals surface area contributed by atoms with Gasteiger partial charge >= 0.3 is 8.60 Å². The summed E-state index contributed by atoms with van der Waals surface area (Å²) in [4.78, 5) is 0. The molecule has 0 heterocycles. The minimum atomic E-state index is -1.42. The van der Waals surface area contributed by atoms with Gasteiger partial charge in [-0.3, -0.25) is 0 Å². The van der Waals surface area contributed by atoms with Crippen LogP contribution in [-0.4, -0.2) is 13.2 Å². The van der Waals surface area contributed by atoms with Crippen LogP contribution in [0, 0.1) is 40.9 Å². The molecule has 0 aliphatic carbocycles.